The van der Waals surface area contributed by atoms with E-state index in [1.54, 1.807) is 23.1 Å². The summed E-state index contributed by atoms with van der Waals surface area (Å²) in [7, 11) is 0. The standard InChI is InChI=1S/C24H19FN4O3/c25-17-4-1-3-16(11-17)20(15-8-6-14(12-26)7-9-15)21-18-5-2-10-28(18)24(32)22-23(31)19(30)13-27-29(21)22/h1,3-4,6-9,11,13,18,20-21,31H,2,5,10H2/t18-,20-,21-/m1/s1. The minimum absolute atomic E-state index is 0.143. The van der Waals surface area contributed by atoms with Gasteiger partial charge in [0.25, 0.3) is 5.91 Å². The van der Waals surface area contributed by atoms with Gasteiger partial charge in [0.05, 0.1) is 29.9 Å². The molecule has 3 aromatic rings. The first-order valence-electron chi connectivity index (χ1n) is 10.4. The average Bonchev–Trinajstić information content (AvgIpc) is 3.29. The Bertz CT molecular complexity index is 1310. The number of halogens is 1. The molecule has 1 saturated heterocycles. The van der Waals surface area contributed by atoms with Gasteiger partial charge in [0, 0.05) is 12.5 Å². The molecule has 0 aliphatic carbocycles. The lowest BCUT2D eigenvalue weighted by Crippen LogP contribution is -2.50. The molecule has 0 bridgehead atoms. The van der Waals surface area contributed by atoms with E-state index >= 15 is 0 Å². The fraction of sp³-hybridized carbons (Fsp3) is 0.250. The first-order valence-corrected chi connectivity index (χ1v) is 10.4. The van der Waals surface area contributed by atoms with Crippen LogP contribution < -0.4 is 5.43 Å². The quantitative estimate of drug-likeness (QED) is 0.689. The summed E-state index contributed by atoms with van der Waals surface area (Å²) in [4.78, 5) is 26.9. The molecule has 0 unspecified atom stereocenters. The van der Waals surface area contributed by atoms with E-state index in [0.717, 1.165) is 18.2 Å². The van der Waals surface area contributed by atoms with Gasteiger partial charge < -0.3 is 10.0 Å². The molecule has 0 saturated carbocycles. The summed E-state index contributed by atoms with van der Waals surface area (Å²) in [6, 6.07) is 14.6. The maximum absolute atomic E-state index is 14.3. The van der Waals surface area contributed by atoms with Crippen LogP contribution >= 0.6 is 0 Å². The van der Waals surface area contributed by atoms with Crippen LogP contribution in [0.4, 0.5) is 4.39 Å². The van der Waals surface area contributed by atoms with Crippen molar-refractivity contribution in [1.29, 1.82) is 5.26 Å². The molecule has 1 N–H and O–H groups in total. The summed E-state index contributed by atoms with van der Waals surface area (Å²) >= 11 is 0. The Morgan fingerprint density at radius 2 is 1.94 bits per heavy atom. The molecule has 3 atom stereocenters. The predicted molar refractivity (Wildman–Crippen MR) is 113 cm³/mol. The largest absolute Gasteiger partial charge is 0.502 e. The molecule has 1 aromatic heterocycles. The van der Waals surface area contributed by atoms with Gasteiger partial charge in [-0.1, -0.05) is 24.3 Å². The molecular weight excluding hydrogens is 411 g/mol. The number of aromatic nitrogens is 2. The topological polar surface area (TPSA) is 99.2 Å². The number of hydrogen-bond acceptors (Lipinski definition) is 5. The predicted octanol–water partition coefficient (Wildman–Crippen LogP) is 2.95. The highest BCUT2D eigenvalue weighted by atomic mass is 19.1. The average molecular weight is 430 g/mol. The van der Waals surface area contributed by atoms with E-state index in [0.29, 0.717) is 24.1 Å². The van der Waals surface area contributed by atoms with Crippen molar-refractivity contribution in [1.82, 2.24) is 14.7 Å². The van der Waals surface area contributed by atoms with Gasteiger partial charge in [-0.15, -0.1) is 0 Å². The molecule has 8 heteroatoms. The summed E-state index contributed by atoms with van der Waals surface area (Å²) in [6.45, 7) is 0.506. The van der Waals surface area contributed by atoms with Gasteiger partial charge in [-0.3, -0.25) is 14.3 Å². The highest BCUT2D eigenvalue weighted by Crippen LogP contribution is 2.45. The SMILES string of the molecule is N#Cc1ccc([C@H](c2cccc(F)c2)[C@H]2[C@H]3CCCN3C(=O)c3c(O)c(=O)cnn32)cc1. The highest BCUT2D eigenvalue weighted by molar-refractivity contribution is 5.96. The van der Waals surface area contributed by atoms with Crippen LogP contribution in [0.5, 0.6) is 5.75 Å². The fourth-order valence-electron chi connectivity index (χ4n) is 5.00. The van der Waals surface area contributed by atoms with Crippen LogP contribution in [0.1, 0.15) is 52.0 Å². The second-order valence-corrected chi connectivity index (χ2v) is 8.12. The Kier molecular flexibility index (Phi) is 4.74. The Morgan fingerprint density at radius 3 is 2.66 bits per heavy atom. The number of hydrogen-bond donors (Lipinski definition) is 1. The number of nitriles is 1. The normalized spacial score (nSPS) is 20.4. The van der Waals surface area contributed by atoms with Crippen LogP contribution in [0, 0.1) is 17.1 Å². The summed E-state index contributed by atoms with van der Waals surface area (Å²) in [5.74, 6) is -1.89. The first-order chi connectivity index (χ1) is 15.5. The lowest BCUT2D eigenvalue weighted by Gasteiger charge is -2.42. The number of nitrogens with zero attached hydrogens (tertiary/aromatic N) is 4. The van der Waals surface area contributed by atoms with Crippen molar-refractivity contribution in [2.45, 2.75) is 30.8 Å². The summed E-state index contributed by atoms with van der Waals surface area (Å²) in [5, 5.41) is 23.9. The highest BCUT2D eigenvalue weighted by Gasteiger charge is 2.48. The van der Waals surface area contributed by atoms with Crippen LogP contribution in [0.15, 0.2) is 59.5 Å². The molecule has 0 radical (unpaired) electrons. The smallest absolute Gasteiger partial charge is 0.276 e. The number of rotatable bonds is 3. The van der Waals surface area contributed by atoms with Gasteiger partial charge in [0.2, 0.25) is 5.43 Å². The number of fused-ring (bicyclic) bond motifs is 2. The second kappa shape index (κ2) is 7.61. The molecule has 2 aliphatic rings. The van der Waals surface area contributed by atoms with Crippen LogP contribution in [0.3, 0.4) is 0 Å². The minimum atomic E-state index is -0.721. The molecule has 7 nitrogen and oxygen atoms in total. The minimum Gasteiger partial charge on any atom is -0.502 e. The van der Waals surface area contributed by atoms with Crippen molar-refractivity contribution >= 4 is 5.91 Å². The number of aromatic hydroxyl groups is 1. The van der Waals surface area contributed by atoms with Gasteiger partial charge in [-0.25, -0.2) is 4.39 Å². The van der Waals surface area contributed by atoms with Gasteiger partial charge in [-0.2, -0.15) is 10.4 Å². The maximum Gasteiger partial charge on any atom is 0.276 e. The van der Waals surface area contributed by atoms with Crippen molar-refractivity contribution in [2.75, 3.05) is 6.54 Å². The van der Waals surface area contributed by atoms with E-state index in [9.17, 15) is 24.3 Å². The van der Waals surface area contributed by atoms with E-state index in [-0.39, 0.29) is 11.7 Å². The Balaban J connectivity index is 1.77. The Hall–Kier alpha value is -3.99. The van der Waals surface area contributed by atoms with Crippen molar-refractivity contribution in [3.8, 4) is 11.8 Å². The summed E-state index contributed by atoms with van der Waals surface area (Å²) < 4.78 is 15.7. The zero-order valence-corrected chi connectivity index (χ0v) is 17.0. The van der Waals surface area contributed by atoms with Crippen molar-refractivity contribution < 1.29 is 14.3 Å². The summed E-state index contributed by atoms with van der Waals surface area (Å²) in [5.41, 5.74) is 1.11. The van der Waals surface area contributed by atoms with E-state index in [2.05, 4.69) is 11.2 Å². The maximum atomic E-state index is 14.3. The molecule has 3 heterocycles. The zero-order valence-electron chi connectivity index (χ0n) is 17.0. The molecule has 2 aliphatic heterocycles. The Labute approximate surface area is 183 Å². The lowest BCUT2D eigenvalue weighted by atomic mass is 9.79. The van der Waals surface area contributed by atoms with E-state index in [4.69, 9.17) is 0 Å². The number of carbonyl (C=O) groups excluding carboxylic acids is 1. The van der Waals surface area contributed by atoms with Gasteiger partial charge in [-0.05, 0) is 48.2 Å². The van der Waals surface area contributed by atoms with Crippen molar-refractivity contribution in [3.05, 3.63) is 93.2 Å². The monoisotopic (exact) mass is 430 g/mol. The van der Waals surface area contributed by atoms with E-state index < -0.39 is 34.9 Å². The van der Waals surface area contributed by atoms with Gasteiger partial charge >= 0.3 is 0 Å². The third kappa shape index (κ3) is 3.05. The number of carbonyl (C=O) groups is 1. The second-order valence-electron chi connectivity index (χ2n) is 8.12. The summed E-state index contributed by atoms with van der Waals surface area (Å²) in [6.07, 6.45) is 2.49. The van der Waals surface area contributed by atoms with Crippen molar-refractivity contribution in [3.63, 3.8) is 0 Å². The van der Waals surface area contributed by atoms with Gasteiger partial charge in [0.15, 0.2) is 11.4 Å². The molecule has 1 amide bonds. The lowest BCUT2D eigenvalue weighted by molar-refractivity contribution is 0.0565. The van der Waals surface area contributed by atoms with Crippen LogP contribution in [0.25, 0.3) is 0 Å². The zero-order chi connectivity index (χ0) is 22.4. The third-order valence-electron chi connectivity index (χ3n) is 6.37. The molecule has 1 fully saturated rings. The molecule has 160 valence electrons. The molecule has 0 spiro atoms. The van der Waals surface area contributed by atoms with Gasteiger partial charge in [0.1, 0.15) is 5.82 Å². The third-order valence-corrected chi connectivity index (χ3v) is 6.37. The number of amides is 1. The fourth-order valence-corrected chi connectivity index (χ4v) is 5.00. The van der Waals surface area contributed by atoms with E-state index in [1.807, 2.05) is 18.2 Å². The molecular formula is C24H19FN4O3. The molecule has 32 heavy (non-hydrogen) atoms. The van der Waals surface area contributed by atoms with E-state index in [1.165, 1.54) is 16.8 Å². The molecule has 2 aromatic carbocycles. The van der Waals surface area contributed by atoms with Crippen LogP contribution in [-0.2, 0) is 0 Å². The number of benzene rings is 2. The van der Waals surface area contributed by atoms with Crippen LogP contribution in [-0.4, -0.2) is 38.3 Å². The van der Waals surface area contributed by atoms with Crippen molar-refractivity contribution in [2.24, 2.45) is 0 Å². The first kappa shape index (κ1) is 19.9. The van der Waals surface area contributed by atoms with Crippen LogP contribution in [0.2, 0.25) is 0 Å². The Morgan fingerprint density at radius 1 is 1.16 bits per heavy atom. The molecule has 5 rings (SSSR count).